The lowest BCUT2D eigenvalue weighted by molar-refractivity contribution is 0.0697. The first-order valence-corrected chi connectivity index (χ1v) is 8.12. The third-order valence-corrected chi connectivity index (χ3v) is 5.09. The SMILES string of the molecule is COc1ccc2c(c1)[C@H]1C=CC[C@@H]1[C@@H](c1ccc(C(=O)O)cc1)N2. The number of carboxylic acid groups (broad SMARTS) is 1. The van der Waals surface area contributed by atoms with Crippen molar-refractivity contribution in [3.8, 4) is 5.75 Å². The number of carbonyl (C=O) groups is 1. The van der Waals surface area contributed by atoms with Gasteiger partial charge in [0.25, 0.3) is 0 Å². The van der Waals surface area contributed by atoms with Gasteiger partial charge in [-0.05, 0) is 53.8 Å². The van der Waals surface area contributed by atoms with Crippen molar-refractivity contribution >= 4 is 11.7 Å². The molecular weight excluding hydrogens is 302 g/mol. The maximum atomic E-state index is 11.1. The Morgan fingerprint density at radius 2 is 2.00 bits per heavy atom. The van der Waals surface area contributed by atoms with Gasteiger partial charge < -0.3 is 15.2 Å². The monoisotopic (exact) mass is 321 g/mol. The molecule has 4 heteroatoms. The van der Waals surface area contributed by atoms with Crippen molar-refractivity contribution in [3.63, 3.8) is 0 Å². The van der Waals surface area contributed by atoms with Crippen molar-refractivity contribution in [2.24, 2.45) is 5.92 Å². The molecule has 0 aromatic heterocycles. The molecule has 0 unspecified atom stereocenters. The predicted molar refractivity (Wildman–Crippen MR) is 92.7 cm³/mol. The van der Waals surface area contributed by atoms with Gasteiger partial charge in [-0.3, -0.25) is 0 Å². The van der Waals surface area contributed by atoms with Crippen LogP contribution in [0.15, 0.2) is 54.6 Å². The molecule has 0 radical (unpaired) electrons. The molecule has 0 saturated heterocycles. The maximum absolute atomic E-state index is 11.1. The number of carboxylic acids is 1. The molecule has 1 aliphatic heterocycles. The Hall–Kier alpha value is -2.75. The van der Waals surface area contributed by atoms with Gasteiger partial charge in [-0.15, -0.1) is 0 Å². The first-order chi connectivity index (χ1) is 11.7. The average molecular weight is 321 g/mol. The van der Waals surface area contributed by atoms with Crippen LogP contribution in [0.1, 0.15) is 39.9 Å². The smallest absolute Gasteiger partial charge is 0.335 e. The van der Waals surface area contributed by atoms with Gasteiger partial charge in [0.05, 0.1) is 18.7 Å². The van der Waals surface area contributed by atoms with E-state index in [1.54, 1.807) is 19.2 Å². The lowest BCUT2D eigenvalue weighted by Crippen LogP contribution is -2.29. The van der Waals surface area contributed by atoms with Gasteiger partial charge in [0.1, 0.15) is 5.75 Å². The molecule has 3 atom stereocenters. The van der Waals surface area contributed by atoms with E-state index in [-0.39, 0.29) is 6.04 Å². The fourth-order valence-corrected chi connectivity index (χ4v) is 3.86. The standard InChI is InChI=1S/C20H19NO3/c1-24-14-9-10-18-17(11-14)15-3-2-4-16(15)19(21-18)12-5-7-13(8-6-12)20(22)23/h2-3,5-11,15-16,19,21H,4H2,1H3,(H,22,23)/t15-,16-,19+/m0/s1. The van der Waals surface area contributed by atoms with Gasteiger partial charge in [-0.25, -0.2) is 4.79 Å². The van der Waals surface area contributed by atoms with Crippen LogP contribution >= 0.6 is 0 Å². The Morgan fingerprint density at radius 3 is 2.71 bits per heavy atom. The molecule has 1 heterocycles. The van der Waals surface area contributed by atoms with Gasteiger partial charge in [-0.2, -0.15) is 0 Å². The second-order valence-corrected chi connectivity index (χ2v) is 6.36. The van der Waals surface area contributed by atoms with E-state index in [0.717, 1.165) is 23.4 Å². The van der Waals surface area contributed by atoms with E-state index < -0.39 is 5.97 Å². The Bertz CT molecular complexity index is 810. The second kappa shape index (κ2) is 5.71. The average Bonchev–Trinajstić information content (AvgIpc) is 3.10. The van der Waals surface area contributed by atoms with Gasteiger partial charge in [0.2, 0.25) is 0 Å². The van der Waals surface area contributed by atoms with Crippen molar-refractivity contribution in [2.75, 3.05) is 12.4 Å². The molecule has 0 saturated carbocycles. The molecule has 4 nitrogen and oxygen atoms in total. The Morgan fingerprint density at radius 1 is 1.21 bits per heavy atom. The van der Waals surface area contributed by atoms with E-state index in [0.29, 0.717) is 17.4 Å². The highest BCUT2D eigenvalue weighted by Crippen LogP contribution is 2.50. The number of anilines is 1. The zero-order chi connectivity index (χ0) is 16.7. The van der Waals surface area contributed by atoms with E-state index in [1.165, 1.54) is 5.56 Å². The topological polar surface area (TPSA) is 58.6 Å². The number of nitrogens with one attached hydrogen (secondary N) is 1. The van der Waals surface area contributed by atoms with E-state index >= 15 is 0 Å². The number of ether oxygens (including phenoxy) is 1. The van der Waals surface area contributed by atoms with Crippen molar-refractivity contribution < 1.29 is 14.6 Å². The zero-order valence-electron chi connectivity index (χ0n) is 13.4. The van der Waals surface area contributed by atoms with Gasteiger partial charge >= 0.3 is 5.97 Å². The number of rotatable bonds is 3. The normalized spacial score (nSPS) is 24.0. The number of hydrogen-bond donors (Lipinski definition) is 2. The number of fused-ring (bicyclic) bond motifs is 3. The summed E-state index contributed by atoms with van der Waals surface area (Å²) in [6.45, 7) is 0. The summed E-state index contributed by atoms with van der Waals surface area (Å²) >= 11 is 0. The van der Waals surface area contributed by atoms with Crippen molar-refractivity contribution in [1.82, 2.24) is 0 Å². The lowest BCUT2D eigenvalue weighted by atomic mass is 9.77. The van der Waals surface area contributed by atoms with Crippen molar-refractivity contribution in [3.05, 3.63) is 71.3 Å². The molecule has 0 bridgehead atoms. The molecular formula is C20H19NO3. The molecule has 2 aliphatic rings. The summed E-state index contributed by atoms with van der Waals surface area (Å²) in [6, 6.07) is 13.5. The fourth-order valence-electron chi connectivity index (χ4n) is 3.86. The second-order valence-electron chi connectivity index (χ2n) is 6.36. The first-order valence-electron chi connectivity index (χ1n) is 8.12. The number of benzene rings is 2. The summed E-state index contributed by atoms with van der Waals surface area (Å²) in [5.41, 5.74) is 3.84. The van der Waals surface area contributed by atoms with E-state index in [1.807, 2.05) is 18.2 Å². The lowest BCUT2D eigenvalue weighted by Gasteiger charge is -2.37. The predicted octanol–water partition coefficient (Wildman–Crippen LogP) is 4.22. The summed E-state index contributed by atoms with van der Waals surface area (Å²) in [5, 5.41) is 12.7. The third kappa shape index (κ3) is 2.35. The quantitative estimate of drug-likeness (QED) is 0.831. The van der Waals surface area contributed by atoms with Crippen LogP contribution in [0.3, 0.4) is 0 Å². The summed E-state index contributed by atoms with van der Waals surface area (Å²) in [7, 11) is 1.69. The van der Waals surface area contributed by atoms with Crippen LogP contribution in [0.4, 0.5) is 5.69 Å². The number of hydrogen-bond acceptors (Lipinski definition) is 3. The van der Waals surface area contributed by atoms with Crippen LogP contribution in [0.2, 0.25) is 0 Å². The summed E-state index contributed by atoms with van der Waals surface area (Å²) in [6.07, 6.45) is 5.53. The third-order valence-electron chi connectivity index (χ3n) is 5.09. The Labute approximate surface area is 140 Å². The van der Waals surface area contributed by atoms with Crippen LogP contribution in [0, 0.1) is 5.92 Å². The summed E-state index contributed by atoms with van der Waals surface area (Å²) in [4.78, 5) is 11.1. The number of allylic oxidation sites excluding steroid dienone is 2. The first kappa shape index (κ1) is 14.8. The molecule has 2 N–H and O–H groups in total. The minimum atomic E-state index is -0.893. The molecule has 0 fully saturated rings. The molecule has 2 aromatic carbocycles. The van der Waals surface area contributed by atoms with E-state index in [4.69, 9.17) is 9.84 Å². The maximum Gasteiger partial charge on any atom is 0.335 e. The van der Waals surface area contributed by atoms with E-state index in [2.05, 4.69) is 29.6 Å². The van der Waals surface area contributed by atoms with Gasteiger partial charge in [-0.1, -0.05) is 24.3 Å². The van der Waals surface area contributed by atoms with Gasteiger partial charge in [0, 0.05) is 11.6 Å². The minimum absolute atomic E-state index is 0.175. The minimum Gasteiger partial charge on any atom is -0.497 e. The Kier molecular flexibility index (Phi) is 3.53. The molecule has 0 amide bonds. The Balaban J connectivity index is 1.71. The molecule has 0 spiro atoms. The van der Waals surface area contributed by atoms with Crippen LogP contribution < -0.4 is 10.1 Å². The van der Waals surface area contributed by atoms with E-state index in [9.17, 15) is 4.79 Å². The van der Waals surface area contributed by atoms with Crippen molar-refractivity contribution in [2.45, 2.75) is 18.4 Å². The summed E-state index contributed by atoms with van der Waals surface area (Å²) < 4.78 is 5.37. The zero-order valence-corrected chi connectivity index (χ0v) is 13.4. The molecule has 4 rings (SSSR count). The fraction of sp³-hybridized carbons (Fsp3) is 0.250. The molecule has 122 valence electrons. The van der Waals surface area contributed by atoms with Gasteiger partial charge in [0.15, 0.2) is 0 Å². The van der Waals surface area contributed by atoms with Crippen LogP contribution in [-0.4, -0.2) is 18.2 Å². The molecule has 2 aromatic rings. The highest BCUT2D eigenvalue weighted by Gasteiger charge is 2.38. The van der Waals surface area contributed by atoms with Crippen LogP contribution in [0.25, 0.3) is 0 Å². The molecule has 1 aliphatic carbocycles. The number of methoxy groups -OCH3 is 1. The van der Waals surface area contributed by atoms with Crippen LogP contribution in [0.5, 0.6) is 5.75 Å². The highest BCUT2D eigenvalue weighted by molar-refractivity contribution is 5.87. The highest BCUT2D eigenvalue weighted by atomic mass is 16.5. The van der Waals surface area contributed by atoms with Crippen molar-refractivity contribution in [1.29, 1.82) is 0 Å². The molecule has 24 heavy (non-hydrogen) atoms. The summed E-state index contributed by atoms with van der Waals surface area (Å²) in [5.74, 6) is 0.774. The largest absolute Gasteiger partial charge is 0.497 e. The number of aromatic carboxylic acids is 1. The van der Waals surface area contributed by atoms with Crippen LogP contribution in [-0.2, 0) is 0 Å².